The first-order valence-electron chi connectivity index (χ1n) is 8.05. The molecule has 2 aromatic rings. The molecule has 4 nitrogen and oxygen atoms in total. The number of alkyl halides is 3. The number of carboxylic acids is 1. The fourth-order valence-electron chi connectivity index (χ4n) is 2.50. The molecule has 8 heteroatoms. The molecule has 0 aliphatic heterocycles. The molecule has 0 aromatic heterocycles. The van der Waals surface area contributed by atoms with E-state index < -0.39 is 23.8 Å². The first-order chi connectivity index (χ1) is 12.3. The van der Waals surface area contributed by atoms with Gasteiger partial charge in [0.1, 0.15) is 11.9 Å². The van der Waals surface area contributed by atoms with Crippen molar-refractivity contribution in [1.29, 1.82) is 0 Å². The SMILES string of the molecule is CN(CC[C@@H](Oc1ccc(C(F)(F)F)cc1)c1ccccc1)CC(=O)O.[Li]. The van der Waals surface area contributed by atoms with E-state index in [9.17, 15) is 18.0 Å². The maximum atomic E-state index is 12.7. The largest absolute Gasteiger partial charge is 0.486 e. The van der Waals surface area contributed by atoms with Gasteiger partial charge >= 0.3 is 12.1 Å². The molecule has 2 rings (SSSR count). The van der Waals surface area contributed by atoms with Crippen LogP contribution in [0.5, 0.6) is 5.75 Å². The van der Waals surface area contributed by atoms with Gasteiger partial charge in [-0.05, 0) is 36.9 Å². The summed E-state index contributed by atoms with van der Waals surface area (Å²) >= 11 is 0. The molecule has 0 amide bonds. The second-order valence-electron chi connectivity index (χ2n) is 5.96. The Morgan fingerprint density at radius 3 is 2.22 bits per heavy atom. The fraction of sp³-hybridized carbons (Fsp3) is 0.316. The Balaban J connectivity index is 0.00000364. The number of hydrogen-bond acceptors (Lipinski definition) is 3. The molecule has 0 fully saturated rings. The van der Waals surface area contributed by atoms with Gasteiger partial charge in [-0.2, -0.15) is 13.2 Å². The van der Waals surface area contributed by atoms with Gasteiger partial charge in [0.2, 0.25) is 0 Å². The van der Waals surface area contributed by atoms with Gasteiger partial charge < -0.3 is 9.84 Å². The van der Waals surface area contributed by atoms with E-state index in [2.05, 4.69) is 0 Å². The van der Waals surface area contributed by atoms with Crippen molar-refractivity contribution in [2.24, 2.45) is 0 Å². The Morgan fingerprint density at radius 1 is 1.11 bits per heavy atom. The molecule has 1 N–H and O–H groups in total. The maximum Gasteiger partial charge on any atom is 0.416 e. The van der Waals surface area contributed by atoms with E-state index in [-0.39, 0.29) is 25.4 Å². The maximum absolute atomic E-state index is 12.7. The summed E-state index contributed by atoms with van der Waals surface area (Å²) in [6.45, 7) is 0.369. The Hall–Kier alpha value is -1.94. The zero-order valence-corrected chi connectivity index (χ0v) is 15.2. The van der Waals surface area contributed by atoms with Crippen LogP contribution in [0.1, 0.15) is 23.7 Å². The Bertz CT molecular complexity index is 708. The smallest absolute Gasteiger partial charge is 0.416 e. The summed E-state index contributed by atoms with van der Waals surface area (Å²) in [7, 11) is 1.69. The normalized spacial score (nSPS) is 12.3. The third-order valence-electron chi connectivity index (χ3n) is 3.81. The molecule has 0 spiro atoms. The predicted octanol–water partition coefficient (Wildman–Crippen LogP) is 3.85. The van der Waals surface area contributed by atoms with E-state index >= 15 is 0 Å². The second kappa shape index (κ2) is 10.4. The molecule has 27 heavy (non-hydrogen) atoms. The Morgan fingerprint density at radius 2 is 1.70 bits per heavy atom. The monoisotopic (exact) mass is 374 g/mol. The fourth-order valence-corrected chi connectivity index (χ4v) is 2.50. The number of aliphatic carboxylic acids is 1. The standard InChI is InChI=1S/C19H20F3NO3.Li/c1-23(13-18(24)25)12-11-17(14-5-3-2-4-6-14)26-16-9-7-15(8-10-16)19(20,21)22;/h2-10,17H,11-13H2,1H3,(H,24,25);/t17-;/m1./s1. The summed E-state index contributed by atoms with van der Waals surface area (Å²) in [6, 6.07) is 13.8. The molecule has 0 bridgehead atoms. The van der Waals surface area contributed by atoms with Gasteiger partial charge in [-0.3, -0.25) is 9.69 Å². The molecule has 0 saturated carbocycles. The van der Waals surface area contributed by atoms with Crippen molar-refractivity contribution in [3.8, 4) is 5.75 Å². The van der Waals surface area contributed by atoms with E-state index in [0.29, 0.717) is 18.7 Å². The van der Waals surface area contributed by atoms with Gasteiger partial charge in [0.15, 0.2) is 0 Å². The average molecular weight is 374 g/mol. The average Bonchev–Trinajstić information content (AvgIpc) is 2.58. The number of likely N-dealkylation sites (N-methyl/N-ethyl adjacent to an activating group) is 1. The van der Waals surface area contributed by atoms with Crippen LogP contribution in [0.25, 0.3) is 0 Å². The van der Waals surface area contributed by atoms with E-state index in [4.69, 9.17) is 9.84 Å². The molecule has 0 saturated heterocycles. The number of benzene rings is 2. The summed E-state index contributed by atoms with van der Waals surface area (Å²) in [5.41, 5.74) is 0.137. The number of rotatable bonds is 8. The van der Waals surface area contributed by atoms with Crippen LogP contribution >= 0.6 is 0 Å². The van der Waals surface area contributed by atoms with Crippen LogP contribution in [0.3, 0.4) is 0 Å². The van der Waals surface area contributed by atoms with Crippen molar-refractivity contribution >= 4 is 24.8 Å². The Labute approximate surface area is 168 Å². The van der Waals surface area contributed by atoms with Crippen LogP contribution in [0.2, 0.25) is 0 Å². The quantitative estimate of drug-likeness (QED) is 0.713. The van der Waals surface area contributed by atoms with Crippen molar-refractivity contribution in [3.05, 3.63) is 65.7 Å². The zero-order valence-electron chi connectivity index (χ0n) is 15.2. The first kappa shape index (κ1) is 23.1. The summed E-state index contributed by atoms with van der Waals surface area (Å²) in [4.78, 5) is 12.4. The van der Waals surface area contributed by atoms with E-state index in [1.807, 2.05) is 30.3 Å². The van der Waals surface area contributed by atoms with Crippen LogP contribution in [-0.2, 0) is 11.0 Å². The molecule has 0 unspecified atom stereocenters. The number of nitrogens with zero attached hydrogens (tertiary/aromatic N) is 1. The minimum Gasteiger partial charge on any atom is -0.486 e. The zero-order chi connectivity index (χ0) is 19.2. The van der Waals surface area contributed by atoms with E-state index in [1.54, 1.807) is 11.9 Å². The molecule has 141 valence electrons. The number of carbonyl (C=O) groups is 1. The third-order valence-corrected chi connectivity index (χ3v) is 3.81. The van der Waals surface area contributed by atoms with Crippen molar-refractivity contribution in [2.45, 2.75) is 18.7 Å². The molecule has 0 heterocycles. The van der Waals surface area contributed by atoms with Crippen molar-refractivity contribution in [3.63, 3.8) is 0 Å². The van der Waals surface area contributed by atoms with Crippen LogP contribution in [-0.4, -0.2) is 55.0 Å². The molecular formula is C19H20F3LiNO3. The molecule has 0 aliphatic carbocycles. The summed E-state index contributed by atoms with van der Waals surface area (Å²) in [5.74, 6) is -0.597. The number of hydrogen-bond donors (Lipinski definition) is 1. The minimum absolute atomic E-state index is 0. The first-order valence-corrected chi connectivity index (χ1v) is 8.05. The van der Waals surface area contributed by atoms with Crippen LogP contribution in [0, 0.1) is 0 Å². The van der Waals surface area contributed by atoms with Gasteiger partial charge in [-0.1, -0.05) is 30.3 Å². The van der Waals surface area contributed by atoms with Crippen molar-refractivity contribution < 1.29 is 27.8 Å². The van der Waals surface area contributed by atoms with Crippen molar-refractivity contribution in [1.82, 2.24) is 4.90 Å². The van der Waals surface area contributed by atoms with Gasteiger partial charge in [-0.25, -0.2) is 0 Å². The summed E-state index contributed by atoms with van der Waals surface area (Å²) < 4.78 is 43.9. The molecule has 1 radical (unpaired) electrons. The topological polar surface area (TPSA) is 49.8 Å². The summed E-state index contributed by atoms with van der Waals surface area (Å²) in [6.07, 6.45) is -4.30. The number of carboxylic acid groups (broad SMARTS) is 1. The Kier molecular flexibility index (Phi) is 8.90. The molecule has 0 aliphatic rings. The second-order valence-corrected chi connectivity index (χ2v) is 5.96. The third kappa shape index (κ3) is 7.67. The van der Waals surface area contributed by atoms with Crippen LogP contribution in [0.4, 0.5) is 13.2 Å². The van der Waals surface area contributed by atoms with Crippen molar-refractivity contribution in [2.75, 3.05) is 20.1 Å². The van der Waals surface area contributed by atoms with Crippen LogP contribution < -0.4 is 4.74 Å². The summed E-state index contributed by atoms with van der Waals surface area (Å²) in [5, 5.41) is 8.83. The molecular weight excluding hydrogens is 354 g/mol. The predicted molar refractivity (Wildman–Crippen MR) is 96.8 cm³/mol. The van der Waals surface area contributed by atoms with E-state index in [1.165, 1.54) is 12.1 Å². The van der Waals surface area contributed by atoms with E-state index in [0.717, 1.165) is 17.7 Å². The van der Waals surface area contributed by atoms with Gasteiger partial charge in [0, 0.05) is 31.8 Å². The van der Waals surface area contributed by atoms with Gasteiger partial charge in [0.25, 0.3) is 0 Å². The molecule has 2 aromatic carbocycles. The minimum atomic E-state index is -4.39. The van der Waals surface area contributed by atoms with Gasteiger partial charge in [-0.15, -0.1) is 0 Å². The number of halogens is 3. The van der Waals surface area contributed by atoms with Gasteiger partial charge in [0.05, 0.1) is 12.1 Å². The van der Waals surface area contributed by atoms with Crippen LogP contribution in [0.15, 0.2) is 54.6 Å². The number of ether oxygens (including phenoxy) is 1. The molecule has 1 atom stereocenters.